The Balaban J connectivity index is 1.95. The molecule has 0 spiro atoms. The Hall–Kier alpha value is -2.73. The van der Waals surface area contributed by atoms with Crippen LogP contribution in [-0.2, 0) is 4.79 Å². The summed E-state index contributed by atoms with van der Waals surface area (Å²) in [6, 6.07) is 14.2. The number of hydrogen-bond donors (Lipinski definition) is 0. The fraction of sp³-hybridized carbons (Fsp3) is 0.111. The van der Waals surface area contributed by atoms with Gasteiger partial charge in [0.25, 0.3) is 11.1 Å². The summed E-state index contributed by atoms with van der Waals surface area (Å²) in [5.74, 6) is 0.799. The second kappa shape index (κ2) is 6.80. The van der Waals surface area contributed by atoms with Crippen molar-refractivity contribution in [2.45, 2.75) is 0 Å². The van der Waals surface area contributed by atoms with E-state index in [1.54, 1.807) is 43.5 Å². The van der Waals surface area contributed by atoms with Gasteiger partial charge in [-0.15, -0.1) is 0 Å². The van der Waals surface area contributed by atoms with Crippen LogP contribution >= 0.6 is 11.8 Å². The number of nitrogens with zero attached hydrogens (tertiary/aromatic N) is 1. The van der Waals surface area contributed by atoms with Crippen LogP contribution in [0, 0.1) is 0 Å². The van der Waals surface area contributed by atoms with Crippen LogP contribution in [0.1, 0.15) is 5.56 Å². The van der Waals surface area contributed by atoms with Gasteiger partial charge in [-0.25, -0.2) is 4.90 Å². The van der Waals surface area contributed by atoms with Gasteiger partial charge in [0.2, 0.25) is 0 Å². The summed E-state index contributed by atoms with van der Waals surface area (Å²) in [6.07, 6.45) is 1.68. The van der Waals surface area contributed by atoms with Crippen LogP contribution in [0.4, 0.5) is 10.5 Å². The minimum Gasteiger partial charge on any atom is -0.497 e. The number of thioether (sulfide) groups is 1. The quantitative estimate of drug-likeness (QED) is 0.788. The first-order valence-electron chi connectivity index (χ1n) is 7.19. The SMILES string of the molecule is COc1cccc(/C=C2\SC(=O)N(c3ccccc3OC)C2=O)c1. The third-order valence-electron chi connectivity index (χ3n) is 3.51. The van der Waals surface area contributed by atoms with Gasteiger partial charge in [-0.2, -0.15) is 0 Å². The molecule has 0 unspecified atom stereocenters. The number of ether oxygens (including phenoxy) is 2. The highest BCUT2D eigenvalue weighted by Crippen LogP contribution is 2.39. The third kappa shape index (κ3) is 3.00. The van der Waals surface area contributed by atoms with Crippen molar-refractivity contribution in [3.63, 3.8) is 0 Å². The second-order valence-corrected chi connectivity index (χ2v) is 5.96. The van der Waals surface area contributed by atoms with Crippen LogP contribution in [0.25, 0.3) is 6.08 Å². The molecule has 2 aromatic rings. The molecule has 0 aliphatic carbocycles. The molecule has 0 N–H and O–H groups in total. The van der Waals surface area contributed by atoms with E-state index in [2.05, 4.69) is 0 Å². The maximum absolute atomic E-state index is 12.7. The van der Waals surface area contributed by atoms with E-state index < -0.39 is 0 Å². The molecule has 0 radical (unpaired) electrons. The first-order valence-corrected chi connectivity index (χ1v) is 8.00. The molecule has 6 heteroatoms. The number of amides is 2. The van der Waals surface area contributed by atoms with Crippen molar-refractivity contribution in [3.05, 3.63) is 59.0 Å². The Bertz CT molecular complexity index is 831. The Morgan fingerprint density at radius 2 is 1.79 bits per heavy atom. The number of para-hydroxylation sites is 2. The summed E-state index contributed by atoms with van der Waals surface area (Å²) in [5, 5.41) is -0.348. The topological polar surface area (TPSA) is 55.8 Å². The van der Waals surface area contributed by atoms with Crippen molar-refractivity contribution < 1.29 is 19.1 Å². The van der Waals surface area contributed by atoms with Crippen molar-refractivity contribution in [2.24, 2.45) is 0 Å². The highest BCUT2D eigenvalue weighted by atomic mass is 32.2. The van der Waals surface area contributed by atoms with Gasteiger partial charge in [-0.05, 0) is 47.7 Å². The van der Waals surface area contributed by atoms with Crippen LogP contribution < -0.4 is 14.4 Å². The maximum atomic E-state index is 12.7. The molecule has 1 fully saturated rings. The van der Waals surface area contributed by atoms with Crippen LogP contribution in [0.2, 0.25) is 0 Å². The molecule has 1 saturated heterocycles. The minimum absolute atomic E-state index is 0.348. The molecule has 0 bridgehead atoms. The van der Waals surface area contributed by atoms with Gasteiger partial charge in [0.05, 0.1) is 24.8 Å². The lowest BCUT2D eigenvalue weighted by molar-refractivity contribution is -0.113. The predicted octanol–water partition coefficient (Wildman–Crippen LogP) is 3.94. The Morgan fingerprint density at radius 1 is 1.00 bits per heavy atom. The zero-order chi connectivity index (χ0) is 17.1. The van der Waals surface area contributed by atoms with Gasteiger partial charge in [-0.1, -0.05) is 24.3 Å². The number of benzene rings is 2. The van der Waals surface area contributed by atoms with E-state index in [9.17, 15) is 9.59 Å². The normalized spacial score (nSPS) is 15.9. The monoisotopic (exact) mass is 341 g/mol. The predicted molar refractivity (Wildman–Crippen MR) is 94.4 cm³/mol. The van der Waals surface area contributed by atoms with Crippen LogP contribution in [0.15, 0.2) is 53.4 Å². The smallest absolute Gasteiger partial charge is 0.298 e. The van der Waals surface area contributed by atoms with E-state index in [0.29, 0.717) is 22.1 Å². The standard InChI is InChI=1S/C18H15NO4S/c1-22-13-7-5-6-12(10-13)11-16-17(20)19(18(21)24-16)14-8-3-4-9-15(14)23-2/h3-11H,1-2H3/b16-11-. The van der Waals surface area contributed by atoms with E-state index in [1.165, 1.54) is 7.11 Å². The molecule has 0 saturated carbocycles. The zero-order valence-corrected chi connectivity index (χ0v) is 14.0. The highest BCUT2D eigenvalue weighted by molar-refractivity contribution is 8.19. The van der Waals surface area contributed by atoms with Crippen molar-refractivity contribution in [1.82, 2.24) is 0 Å². The van der Waals surface area contributed by atoms with E-state index in [4.69, 9.17) is 9.47 Å². The number of imide groups is 1. The van der Waals surface area contributed by atoms with Gasteiger partial charge < -0.3 is 9.47 Å². The van der Waals surface area contributed by atoms with Gasteiger partial charge >= 0.3 is 0 Å². The minimum atomic E-state index is -0.364. The molecule has 5 nitrogen and oxygen atoms in total. The number of anilines is 1. The molecular weight excluding hydrogens is 326 g/mol. The average molecular weight is 341 g/mol. The van der Waals surface area contributed by atoms with Crippen LogP contribution in [0.3, 0.4) is 0 Å². The van der Waals surface area contributed by atoms with E-state index in [1.807, 2.05) is 18.2 Å². The summed E-state index contributed by atoms with van der Waals surface area (Å²) in [6.45, 7) is 0. The molecular formula is C18H15NO4S. The van der Waals surface area contributed by atoms with Gasteiger partial charge in [0, 0.05) is 0 Å². The average Bonchev–Trinajstić information content (AvgIpc) is 2.88. The lowest BCUT2D eigenvalue weighted by atomic mass is 10.2. The lowest BCUT2D eigenvalue weighted by Gasteiger charge is -2.15. The van der Waals surface area contributed by atoms with Gasteiger partial charge in [0.15, 0.2) is 0 Å². The molecule has 0 atom stereocenters. The summed E-state index contributed by atoms with van der Waals surface area (Å²) in [7, 11) is 3.08. The number of methoxy groups -OCH3 is 2. The molecule has 2 amide bonds. The molecule has 1 heterocycles. The number of carbonyl (C=O) groups is 2. The van der Waals surface area contributed by atoms with E-state index in [-0.39, 0.29) is 11.1 Å². The molecule has 2 aromatic carbocycles. The molecule has 3 rings (SSSR count). The molecule has 1 aliphatic heterocycles. The summed E-state index contributed by atoms with van der Waals surface area (Å²) in [5.41, 5.74) is 1.23. The first kappa shape index (κ1) is 16.1. The Morgan fingerprint density at radius 3 is 2.54 bits per heavy atom. The van der Waals surface area contributed by atoms with Crippen molar-refractivity contribution in [1.29, 1.82) is 0 Å². The third-order valence-corrected chi connectivity index (χ3v) is 4.38. The fourth-order valence-corrected chi connectivity index (χ4v) is 3.21. The highest BCUT2D eigenvalue weighted by Gasteiger charge is 2.37. The Kier molecular flexibility index (Phi) is 4.57. The molecule has 1 aliphatic rings. The summed E-state index contributed by atoms with van der Waals surface area (Å²) in [4.78, 5) is 26.5. The van der Waals surface area contributed by atoms with Crippen LogP contribution in [-0.4, -0.2) is 25.4 Å². The van der Waals surface area contributed by atoms with E-state index in [0.717, 1.165) is 22.2 Å². The van der Waals surface area contributed by atoms with Gasteiger partial charge in [-0.3, -0.25) is 9.59 Å². The molecule has 0 aromatic heterocycles. The van der Waals surface area contributed by atoms with Crippen molar-refractivity contribution >= 4 is 34.7 Å². The van der Waals surface area contributed by atoms with Crippen LogP contribution in [0.5, 0.6) is 11.5 Å². The molecule has 122 valence electrons. The second-order valence-electron chi connectivity index (χ2n) is 4.97. The summed E-state index contributed by atoms with van der Waals surface area (Å²) < 4.78 is 10.4. The number of rotatable bonds is 4. The lowest BCUT2D eigenvalue weighted by Crippen LogP contribution is -2.28. The summed E-state index contributed by atoms with van der Waals surface area (Å²) >= 11 is 0.906. The van der Waals surface area contributed by atoms with Crippen molar-refractivity contribution in [2.75, 3.05) is 19.1 Å². The number of carbonyl (C=O) groups excluding carboxylic acids is 2. The van der Waals surface area contributed by atoms with Crippen molar-refractivity contribution in [3.8, 4) is 11.5 Å². The van der Waals surface area contributed by atoms with E-state index >= 15 is 0 Å². The first-order chi connectivity index (χ1) is 11.6. The number of hydrogen-bond acceptors (Lipinski definition) is 5. The largest absolute Gasteiger partial charge is 0.497 e. The molecule has 24 heavy (non-hydrogen) atoms. The zero-order valence-electron chi connectivity index (χ0n) is 13.2. The van der Waals surface area contributed by atoms with Gasteiger partial charge in [0.1, 0.15) is 11.5 Å². The fourth-order valence-electron chi connectivity index (χ4n) is 2.37. The maximum Gasteiger partial charge on any atom is 0.298 e. The Labute approximate surface area is 143 Å².